The molecule has 0 bridgehead atoms. The highest BCUT2D eigenvalue weighted by atomic mass is 16.5. The molecule has 0 aliphatic heterocycles. The van der Waals surface area contributed by atoms with Crippen LogP contribution in [0.1, 0.15) is 49.4 Å². The summed E-state index contributed by atoms with van der Waals surface area (Å²) in [5.41, 5.74) is 0.960. The number of amides is 2. The first kappa shape index (κ1) is 18.9. The van der Waals surface area contributed by atoms with Gasteiger partial charge in [0.2, 0.25) is 0 Å². The molecule has 1 aliphatic rings. The number of hydrogen-bond donors (Lipinski definition) is 2. The number of benzene rings is 1. The number of carbonyl (C=O) groups excluding carboxylic acids is 3. The minimum atomic E-state index is -0.559. The first-order valence-corrected chi connectivity index (χ1v) is 8.59. The first-order valence-electron chi connectivity index (χ1n) is 8.59. The third-order valence-corrected chi connectivity index (χ3v) is 4.31. The largest absolute Gasteiger partial charge is 0.464 e. The number of nitrogens with two attached hydrogens (primary N) is 1. The van der Waals surface area contributed by atoms with Crippen LogP contribution >= 0.6 is 0 Å². The smallest absolute Gasteiger partial charge is 0.336 e. The molecule has 0 spiro atoms. The number of hydrazine groups is 1. The van der Waals surface area contributed by atoms with E-state index < -0.39 is 12.0 Å². The van der Waals surface area contributed by atoms with Crippen molar-refractivity contribution in [2.45, 2.75) is 39.0 Å². The Kier molecular flexibility index (Phi) is 6.94. The van der Waals surface area contributed by atoms with Gasteiger partial charge >= 0.3 is 12.0 Å². The normalized spacial score (nSPS) is 14.6. The monoisotopic (exact) mass is 347 g/mol. The fourth-order valence-electron chi connectivity index (χ4n) is 2.97. The zero-order chi connectivity index (χ0) is 18.2. The third-order valence-electron chi connectivity index (χ3n) is 4.31. The van der Waals surface area contributed by atoms with Gasteiger partial charge in [0.25, 0.3) is 0 Å². The van der Waals surface area contributed by atoms with E-state index in [1.54, 1.807) is 24.3 Å². The minimum absolute atomic E-state index is 0.0158. The summed E-state index contributed by atoms with van der Waals surface area (Å²) in [6, 6.07) is 6.40. The zero-order valence-corrected chi connectivity index (χ0v) is 14.5. The average molecular weight is 347 g/mol. The number of Topliss-reactive ketones (excluding diaryl/α,β-unsaturated/α-hetero) is 1. The number of rotatable bonds is 6. The lowest BCUT2D eigenvalue weighted by molar-refractivity contribution is -0.141. The summed E-state index contributed by atoms with van der Waals surface area (Å²) in [6.07, 6.45) is 5.10. The molecule has 2 rings (SSSR count). The number of anilines is 1. The fourth-order valence-corrected chi connectivity index (χ4v) is 2.97. The van der Waals surface area contributed by atoms with Crippen LogP contribution in [0, 0.1) is 5.92 Å². The fraction of sp³-hybridized carbons (Fsp3) is 0.500. The molecule has 2 amide bonds. The second-order valence-corrected chi connectivity index (χ2v) is 6.21. The third kappa shape index (κ3) is 5.56. The lowest BCUT2D eigenvalue weighted by Gasteiger charge is -2.22. The number of ketones is 1. The Bertz CT molecular complexity index is 627. The second-order valence-electron chi connectivity index (χ2n) is 6.21. The van der Waals surface area contributed by atoms with Crippen LogP contribution in [0.2, 0.25) is 0 Å². The van der Waals surface area contributed by atoms with E-state index in [9.17, 15) is 14.4 Å². The molecular weight excluding hydrogens is 322 g/mol. The van der Waals surface area contributed by atoms with Crippen LogP contribution in [-0.2, 0) is 9.53 Å². The van der Waals surface area contributed by atoms with Crippen LogP contribution in [0.5, 0.6) is 0 Å². The number of urea groups is 1. The lowest BCUT2D eigenvalue weighted by Crippen LogP contribution is -2.43. The van der Waals surface area contributed by atoms with Crippen LogP contribution in [0.15, 0.2) is 24.3 Å². The van der Waals surface area contributed by atoms with Gasteiger partial charge in [-0.1, -0.05) is 31.4 Å². The summed E-state index contributed by atoms with van der Waals surface area (Å²) in [5, 5.41) is 3.59. The van der Waals surface area contributed by atoms with Crippen molar-refractivity contribution in [2.24, 2.45) is 11.8 Å². The number of nitrogens with one attached hydrogen (secondary N) is 1. The van der Waals surface area contributed by atoms with E-state index in [-0.39, 0.29) is 24.9 Å². The van der Waals surface area contributed by atoms with Crippen LogP contribution in [-0.4, -0.2) is 35.9 Å². The maximum absolute atomic E-state index is 12.8. The molecule has 3 N–H and O–H groups in total. The molecule has 0 radical (unpaired) electrons. The van der Waals surface area contributed by atoms with Gasteiger partial charge in [-0.15, -0.1) is 0 Å². The van der Waals surface area contributed by atoms with Crippen LogP contribution < -0.4 is 11.2 Å². The summed E-state index contributed by atoms with van der Waals surface area (Å²) < 4.78 is 4.76. The molecule has 0 atom stereocenters. The van der Waals surface area contributed by atoms with Gasteiger partial charge in [0.1, 0.15) is 6.61 Å². The molecule has 0 heterocycles. The standard InChI is InChI=1S/C18H25N3O4/c1-13(22)25-12-11-21(19)18(24)20-16-10-6-5-9-15(16)17(23)14-7-3-2-4-8-14/h5-6,9-10,14H,2-4,7-8,11-12,19H2,1H3,(H,20,24). The number of esters is 1. The van der Waals surface area contributed by atoms with Gasteiger partial charge < -0.3 is 10.1 Å². The Balaban J connectivity index is 2.00. The van der Waals surface area contributed by atoms with Crippen molar-refractivity contribution in [3.8, 4) is 0 Å². The van der Waals surface area contributed by atoms with Crippen LogP contribution in [0.3, 0.4) is 0 Å². The maximum Gasteiger partial charge on any atom is 0.336 e. The molecule has 7 nitrogen and oxygen atoms in total. The summed E-state index contributed by atoms with van der Waals surface area (Å²) in [4.78, 5) is 35.7. The van der Waals surface area contributed by atoms with Gasteiger partial charge in [0.05, 0.1) is 12.2 Å². The number of hydrogen-bond acceptors (Lipinski definition) is 5. The summed E-state index contributed by atoms with van der Waals surface area (Å²) in [7, 11) is 0. The van der Waals surface area contributed by atoms with Crippen molar-refractivity contribution in [1.29, 1.82) is 0 Å². The predicted octanol–water partition coefficient (Wildman–Crippen LogP) is 2.72. The minimum Gasteiger partial charge on any atom is -0.464 e. The molecule has 0 unspecified atom stereocenters. The van der Waals surface area contributed by atoms with Gasteiger partial charge in [-0.05, 0) is 25.0 Å². The van der Waals surface area contributed by atoms with Gasteiger partial charge in [-0.3, -0.25) is 14.6 Å². The van der Waals surface area contributed by atoms with E-state index in [1.165, 1.54) is 13.3 Å². The number of para-hydroxylation sites is 1. The van der Waals surface area contributed by atoms with Gasteiger partial charge in [0.15, 0.2) is 5.78 Å². The Labute approximate surface area is 147 Å². The molecule has 1 saturated carbocycles. The van der Waals surface area contributed by atoms with Crippen LogP contribution in [0.4, 0.5) is 10.5 Å². The SMILES string of the molecule is CC(=O)OCCN(N)C(=O)Nc1ccccc1C(=O)C1CCCCC1. The van der Waals surface area contributed by atoms with Gasteiger partial charge in [0, 0.05) is 18.4 Å². The van der Waals surface area contributed by atoms with E-state index in [0.717, 1.165) is 30.7 Å². The molecule has 1 aromatic rings. The van der Waals surface area contributed by atoms with Crippen molar-refractivity contribution < 1.29 is 19.1 Å². The topological polar surface area (TPSA) is 102 Å². The molecule has 0 aromatic heterocycles. The highest BCUT2D eigenvalue weighted by Gasteiger charge is 2.24. The average Bonchev–Trinajstić information content (AvgIpc) is 2.62. The number of nitrogens with zero attached hydrogens (tertiary/aromatic N) is 1. The molecule has 7 heteroatoms. The van der Waals surface area contributed by atoms with E-state index in [0.29, 0.717) is 11.3 Å². The van der Waals surface area contributed by atoms with E-state index in [1.807, 2.05) is 0 Å². The quantitative estimate of drug-likeness (QED) is 0.271. The van der Waals surface area contributed by atoms with Crippen molar-refractivity contribution in [3.63, 3.8) is 0 Å². The lowest BCUT2D eigenvalue weighted by atomic mass is 9.83. The van der Waals surface area contributed by atoms with Gasteiger partial charge in [-0.25, -0.2) is 10.6 Å². The molecule has 1 aromatic carbocycles. The predicted molar refractivity (Wildman–Crippen MR) is 93.9 cm³/mol. The van der Waals surface area contributed by atoms with Crippen molar-refractivity contribution >= 4 is 23.5 Å². The number of carbonyl (C=O) groups is 3. The Morgan fingerprint density at radius 2 is 1.88 bits per heavy atom. The molecular formula is C18H25N3O4. The number of ether oxygens (including phenoxy) is 1. The molecule has 25 heavy (non-hydrogen) atoms. The van der Waals surface area contributed by atoms with Crippen molar-refractivity contribution in [1.82, 2.24) is 5.01 Å². The summed E-state index contributed by atoms with van der Waals surface area (Å²) in [6.45, 7) is 1.36. The molecule has 136 valence electrons. The summed E-state index contributed by atoms with van der Waals surface area (Å²) in [5.74, 6) is 5.32. The maximum atomic E-state index is 12.8. The van der Waals surface area contributed by atoms with Gasteiger partial charge in [-0.2, -0.15) is 0 Å². The Hall–Kier alpha value is -2.41. The molecule has 1 fully saturated rings. The van der Waals surface area contributed by atoms with E-state index >= 15 is 0 Å². The van der Waals surface area contributed by atoms with Crippen molar-refractivity contribution in [2.75, 3.05) is 18.5 Å². The second kappa shape index (κ2) is 9.17. The first-order chi connectivity index (χ1) is 12.0. The highest BCUT2D eigenvalue weighted by molar-refractivity contribution is 6.05. The Morgan fingerprint density at radius 1 is 1.20 bits per heavy atom. The molecule has 1 aliphatic carbocycles. The molecule has 0 saturated heterocycles. The van der Waals surface area contributed by atoms with E-state index in [4.69, 9.17) is 10.6 Å². The highest BCUT2D eigenvalue weighted by Crippen LogP contribution is 2.29. The van der Waals surface area contributed by atoms with Crippen LogP contribution in [0.25, 0.3) is 0 Å². The van der Waals surface area contributed by atoms with E-state index in [2.05, 4.69) is 5.32 Å². The van der Waals surface area contributed by atoms with Crippen molar-refractivity contribution in [3.05, 3.63) is 29.8 Å². The summed E-state index contributed by atoms with van der Waals surface area (Å²) >= 11 is 0. The zero-order valence-electron chi connectivity index (χ0n) is 14.5. The Morgan fingerprint density at radius 3 is 2.56 bits per heavy atom.